The Bertz CT molecular complexity index is 1650. The Hall–Kier alpha value is -1.94. The topological polar surface area (TPSA) is 237 Å². The number of hydrogen-bond donors (Lipinski definition) is 3. The summed E-state index contributed by atoms with van der Waals surface area (Å²) in [5.74, 6) is 0.0560. The highest BCUT2D eigenvalue weighted by Gasteiger charge is 2.30. The number of aliphatic hydroxyl groups is 1. The summed E-state index contributed by atoms with van der Waals surface area (Å²) in [7, 11) is -9.89. The van der Waals surface area contributed by atoms with Crippen LogP contribution >= 0.6 is 15.6 Å². The lowest BCUT2D eigenvalue weighted by molar-refractivity contribution is -0.161. The van der Waals surface area contributed by atoms with E-state index >= 15 is 0 Å². The first-order valence-electron chi connectivity index (χ1n) is 33.4. The van der Waals surface area contributed by atoms with Crippen LogP contribution in [0.2, 0.25) is 0 Å². The lowest BCUT2D eigenvalue weighted by Crippen LogP contribution is -2.30. The minimum absolute atomic E-state index is 0.104. The fraction of sp³-hybridized carbons (Fsp3) is 0.938. The van der Waals surface area contributed by atoms with Crippen LogP contribution in [0.1, 0.15) is 312 Å². The van der Waals surface area contributed by atoms with Crippen molar-refractivity contribution in [2.45, 2.75) is 330 Å². The third-order valence-corrected chi connectivity index (χ3v) is 16.9. The second-order valence-corrected chi connectivity index (χ2v) is 27.3. The quantitative estimate of drug-likeness (QED) is 0.0222. The predicted octanol–water partition coefficient (Wildman–Crippen LogP) is 17.5. The average Bonchev–Trinajstić information content (AvgIpc) is 3.44. The molecule has 0 aliphatic heterocycles. The number of carbonyl (C=O) groups is 4. The van der Waals surface area contributed by atoms with Gasteiger partial charge in [-0.2, -0.15) is 0 Å². The molecule has 0 aromatic rings. The number of phosphoric ester groups is 2. The maximum absolute atomic E-state index is 13.0. The zero-order valence-electron chi connectivity index (χ0n) is 53.6. The Labute approximate surface area is 505 Å². The molecular weight excluding hydrogens is 1100 g/mol. The summed E-state index contributed by atoms with van der Waals surface area (Å²) in [5.41, 5.74) is 0. The Kier molecular flexibility index (Phi) is 54.1. The van der Waals surface area contributed by atoms with Crippen LogP contribution < -0.4 is 0 Å². The fourth-order valence-corrected chi connectivity index (χ4v) is 11.0. The molecule has 0 saturated heterocycles. The average molecular weight is 1230 g/mol. The monoisotopic (exact) mass is 1230 g/mol. The van der Waals surface area contributed by atoms with Crippen molar-refractivity contribution in [3.8, 4) is 0 Å². The molecule has 0 rings (SSSR count). The summed E-state index contributed by atoms with van der Waals surface area (Å²) >= 11 is 0. The Morgan fingerprint density at radius 3 is 0.916 bits per heavy atom. The van der Waals surface area contributed by atoms with Gasteiger partial charge >= 0.3 is 39.5 Å². The van der Waals surface area contributed by atoms with Gasteiger partial charge in [-0.05, 0) is 43.4 Å². The van der Waals surface area contributed by atoms with E-state index in [4.69, 9.17) is 37.0 Å². The third kappa shape index (κ3) is 57.6. The van der Waals surface area contributed by atoms with Gasteiger partial charge in [0.1, 0.15) is 19.3 Å². The molecule has 0 radical (unpaired) electrons. The van der Waals surface area contributed by atoms with E-state index in [0.717, 1.165) is 108 Å². The molecule has 0 fully saturated rings. The van der Waals surface area contributed by atoms with Crippen LogP contribution in [0.15, 0.2) is 0 Å². The molecule has 0 aromatic heterocycles. The number of aliphatic hydroxyl groups excluding tert-OH is 1. The zero-order valence-corrected chi connectivity index (χ0v) is 55.4. The highest BCUT2D eigenvalue weighted by Crippen LogP contribution is 2.45. The van der Waals surface area contributed by atoms with Crippen LogP contribution in [0.25, 0.3) is 0 Å². The molecule has 17 nitrogen and oxygen atoms in total. The van der Waals surface area contributed by atoms with E-state index in [0.29, 0.717) is 31.6 Å². The van der Waals surface area contributed by atoms with E-state index in [1.54, 1.807) is 0 Å². The summed E-state index contributed by atoms with van der Waals surface area (Å²) in [4.78, 5) is 72.2. The van der Waals surface area contributed by atoms with Crippen molar-refractivity contribution in [2.24, 2.45) is 17.8 Å². The van der Waals surface area contributed by atoms with E-state index in [-0.39, 0.29) is 25.7 Å². The molecule has 0 heterocycles. The van der Waals surface area contributed by atoms with Crippen LogP contribution in [0.4, 0.5) is 0 Å². The number of phosphoric acid groups is 2. The summed E-state index contributed by atoms with van der Waals surface area (Å²) in [5, 5.41) is 10.5. The fourth-order valence-electron chi connectivity index (χ4n) is 9.45. The Balaban J connectivity index is 5.25. The number of rotatable bonds is 62. The summed E-state index contributed by atoms with van der Waals surface area (Å²) < 4.78 is 68.0. The van der Waals surface area contributed by atoms with E-state index in [2.05, 4.69) is 48.5 Å². The van der Waals surface area contributed by atoms with Crippen molar-refractivity contribution in [3.05, 3.63) is 0 Å². The first-order valence-corrected chi connectivity index (χ1v) is 36.4. The maximum atomic E-state index is 13.0. The van der Waals surface area contributed by atoms with Crippen molar-refractivity contribution in [1.82, 2.24) is 0 Å². The van der Waals surface area contributed by atoms with Gasteiger partial charge in [-0.15, -0.1) is 0 Å². The smallest absolute Gasteiger partial charge is 0.462 e. The largest absolute Gasteiger partial charge is 0.472 e. The van der Waals surface area contributed by atoms with Crippen LogP contribution in [0, 0.1) is 17.8 Å². The summed E-state index contributed by atoms with van der Waals surface area (Å²) in [6.07, 6.45) is 36.3. The van der Waals surface area contributed by atoms with Crippen LogP contribution in [-0.4, -0.2) is 96.7 Å². The molecule has 0 amide bonds. The maximum Gasteiger partial charge on any atom is 0.472 e. The van der Waals surface area contributed by atoms with Crippen molar-refractivity contribution < 1.29 is 80.2 Å². The normalized spacial score (nSPS) is 14.7. The minimum atomic E-state index is -4.95. The molecule has 3 N–H and O–H groups in total. The van der Waals surface area contributed by atoms with Gasteiger partial charge in [-0.25, -0.2) is 9.13 Å². The van der Waals surface area contributed by atoms with Gasteiger partial charge in [-0.3, -0.25) is 37.3 Å². The second-order valence-electron chi connectivity index (χ2n) is 24.3. The molecule has 3 unspecified atom stereocenters. The van der Waals surface area contributed by atoms with E-state index in [9.17, 15) is 43.2 Å². The molecule has 83 heavy (non-hydrogen) atoms. The van der Waals surface area contributed by atoms with Gasteiger partial charge in [0, 0.05) is 25.7 Å². The molecule has 0 aliphatic rings. The number of esters is 4. The molecule has 0 saturated carbocycles. The van der Waals surface area contributed by atoms with Gasteiger partial charge in [0.15, 0.2) is 12.2 Å². The second kappa shape index (κ2) is 55.4. The van der Waals surface area contributed by atoms with Crippen molar-refractivity contribution in [2.75, 3.05) is 39.6 Å². The standard InChI is InChI=1S/C64H124O17P2/c1-8-10-11-12-13-14-17-24-33-40-47-63(68)81-60(52-75-62(67)46-39-32-27-26-29-36-43-56(5)6)54-79-83(72,73)77-50-58(65)49-76-82(70,71)78-53-59(80-64(69)48-41-34-25-18-15-16-21-28-35-42-55(3)4)51-74-61(66)45-38-31-23-20-19-22-30-37-44-57(7)9-2/h55-60,65H,8-54H2,1-7H3,(H,70,71)(H,72,73)/t57?,58-,59-,60-/m1/s1. The van der Waals surface area contributed by atoms with E-state index in [1.165, 1.54) is 116 Å². The number of ether oxygens (including phenoxy) is 4. The van der Waals surface area contributed by atoms with Gasteiger partial charge in [0.2, 0.25) is 0 Å². The third-order valence-electron chi connectivity index (χ3n) is 15.0. The lowest BCUT2D eigenvalue weighted by atomic mass is 9.99. The van der Waals surface area contributed by atoms with Crippen molar-refractivity contribution in [3.63, 3.8) is 0 Å². The zero-order chi connectivity index (χ0) is 61.7. The molecule has 19 heteroatoms. The summed E-state index contributed by atoms with van der Waals surface area (Å²) in [6.45, 7) is 11.7. The molecule has 0 bridgehead atoms. The lowest BCUT2D eigenvalue weighted by Gasteiger charge is -2.21. The van der Waals surface area contributed by atoms with Crippen LogP contribution in [0.5, 0.6) is 0 Å². The first-order chi connectivity index (χ1) is 39.8. The van der Waals surface area contributed by atoms with Crippen LogP contribution in [-0.2, 0) is 65.4 Å². The number of unbranched alkanes of at least 4 members (excludes halogenated alkanes) is 29. The van der Waals surface area contributed by atoms with Gasteiger partial charge in [0.05, 0.1) is 26.4 Å². The van der Waals surface area contributed by atoms with E-state index in [1.807, 2.05) is 0 Å². The van der Waals surface area contributed by atoms with Gasteiger partial charge in [-0.1, -0.05) is 260 Å². The molecule has 0 spiro atoms. The highest BCUT2D eigenvalue weighted by atomic mass is 31.2. The van der Waals surface area contributed by atoms with Crippen molar-refractivity contribution >= 4 is 39.5 Å². The highest BCUT2D eigenvalue weighted by molar-refractivity contribution is 7.47. The SMILES string of the molecule is CCCCCCCCCCCCC(=O)O[C@H](COC(=O)CCCCCCCCC(C)C)COP(=O)(O)OC[C@H](O)COP(=O)(O)OC[C@@H](COC(=O)CCCCCCCCCCC(C)CC)OC(=O)CCCCCCCCCCCC(C)C. The van der Waals surface area contributed by atoms with Crippen LogP contribution in [0.3, 0.4) is 0 Å². The first kappa shape index (κ1) is 81.1. The predicted molar refractivity (Wildman–Crippen MR) is 331 cm³/mol. The summed E-state index contributed by atoms with van der Waals surface area (Å²) in [6, 6.07) is 0. The molecule has 0 aliphatic carbocycles. The Morgan fingerprint density at radius 2 is 0.614 bits per heavy atom. The van der Waals surface area contributed by atoms with Crippen molar-refractivity contribution in [1.29, 1.82) is 0 Å². The van der Waals surface area contributed by atoms with Gasteiger partial charge in [0.25, 0.3) is 0 Å². The molecular formula is C64H124O17P2. The Morgan fingerprint density at radius 1 is 0.349 bits per heavy atom. The van der Waals surface area contributed by atoms with E-state index < -0.39 is 97.5 Å². The minimum Gasteiger partial charge on any atom is -0.462 e. The molecule has 492 valence electrons. The van der Waals surface area contributed by atoms with Gasteiger partial charge < -0.3 is 33.8 Å². The molecule has 0 aromatic carbocycles. The molecule has 6 atom stereocenters. The number of hydrogen-bond acceptors (Lipinski definition) is 15. The number of carbonyl (C=O) groups excluding carboxylic acids is 4.